The van der Waals surface area contributed by atoms with E-state index in [-0.39, 0.29) is 0 Å². The van der Waals surface area contributed by atoms with Gasteiger partial charge in [-0.25, -0.2) is 4.98 Å². The molecule has 0 fully saturated rings. The van der Waals surface area contributed by atoms with Gasteiger partial charge in [0.2, 0.25) is 0 Å². The second-order valence-electron chi connectivity index (χ2n) is 6.09. The number of pyridine rings is 1. The third-order valence-electron chi connectivity index (χ3n) is 4.25. The minimum Gasteiger partial charge on any atom is -0.254 e. The number of hydrogen-bond acceptors (Lipinski definition) is 4. The van der Waals surface area contributed by atoms with Crippen LogP contribution in [0.5, 0.6) is 0 Å². The lowest BCUT2D eigenvalue weighted by molar-refractivity contribution is 0.681. The minimum absolute atomic E-state index is 0.724. The first-order valence-electron chi connectivity index (χ1n) is 8.68. The van der Waals surface area contributed by atoms with E-state index in [2.05, 4.69) is 54.8 Å². The van der Waals surface area contributed by atoms with E-state index < -0.39 is 10.8 Å². The molecule has 132 valence electrons. The second kappa shape index (κ2) is 7.82. The summed E-state index contributed by atoms with van der Waals surface area (Å²) in [5.41, 5.74) is 3.31. The third-order valence-corrected chi connectivity index (χ3v) is 8.00. The molecule has 3 heterocycles. The lowest BCUT2D eigenvalue weighted by Crippen LogP contribution is -1.94. The van der Waals surface area contributed by atoms with Crippen molar-refractivity contribution in [2.24, 2.45) is 0 Å². The van der Waals surface area contributed by atoms with Crippen molar-refractivity contribution in [2.45, 2.75) is 24.0 Å². The molecule has 26 heavy (non-hydrogen) atoms. The Morgan fingerprint density at radius 3 is 2.65 bits per heavy atom. The lowest BCUT2D eigenvalue weighted by atomic mass is 10.0. The number of fused-ring (bicyclic) bond motifs is 1. The van der Waals surface area contributed by atoms with Gasteiger partial charge in [0, 0.05) is 11.1 Å². The smallest absolute Gasteiger partial charge is 0.125 e. The zero-order valence-corrected chi connectivity index (χ0v) is 16.9. The molecule has 0 amide bonds. The Balaban J connectivity index is 1.88. The molecule has 0 bridgehead atoms. The molecule has 0 N–H and O–H groups in total. The lowest BCUT2D eigenvalue weighted by Gasteiger charge is -2.06. The van der Waals surface area contributed by atoms with E-state index in [0.717, 1.165) is 49.2 Å². The highest BCUT2D eigenvalue weighted by atomic mass is 32.2. The molecule has 0 saturated carbocycles. The highest BCUT2D eigenvalue weighted by Gasteiger charge is 2.15. The number of benzene rings is 1. The van der Waals surface area contributed by atoms with Crippen molar-refractivity contribution in [3.05, 3.63) is 60.0 Å². The van der Waals surface area contributed by atoms with Crippen LogP contribution in [0.3, 0.4) is 0 Å². The predicted octanol–water partition coefficient (Wildman–Crippen LogP) is 6.60. The topological polar surface area (TPSA) is 30.0 Å². The molecule has 0 aliphatic rings. The van der Waals surface area contributed by atoms with Crippen molar-refractivity contribution in [1.29, 1.82) is 0 Å². The predicted molar refractivity (Wildman–Crippen MR) is 115 cm³/mol. The summed E-state index contributed by atoms with van der Waals surface area (Å²) in [6, 6.07) is 18.8. The summed E-state index contributed by atoms with van der Waals surface area (Å²) in [4.78, 5) is 7.01. The van der Waals surface area contributed by atoms with Gasteiger partial charge < -0.3 is 0 Å². The van der Waals surface area contributed by atoms with Crippen molar-refractivity contribution >= 4 is 43.7 Å². The van der Waals surface area contributed by atoms with Crippen LogP contribution >= 0.6 is 22.7 Å². The van der Waals surface area contributed by atoms with Gasteiger partial charge in [0.15, 0.2) is 0 Å². The average molecular weight is 398 g/mol. The van der Waals surface area contributed by atoms with Crippen LogP contribution in [0.2, 0.25) is 0 Å². The summed E-state index contributed by atoms with van der Waals surface area (Å²) < 4.78 is 13.6. The van der Waals surface area contributed by atoms with Gasteiger partial charge in [-0.05, 0) is 41.1 Å². The molecule has 3 aromatic heterocycles. The molecule has 0 aliphatic carbocycles. The summed E-state index contributed by atoms with van der Waals surface area (Å²) in [7, 11) is -0.943. The average Bonchev–Trinajstić information content (AvgIpc) is 3.35. The van der Waals surface area contributed by atoms with Gasteiger partial charge in [-0.2, -0.15) is 0 Å². The fourth-order valence-electron chi connectivity index (χ4n) is 2.89. The van der Waals surface area contributed by atoms with Gasteiger partial charge in [-0.1, -0.05) is 49.7 Å². The summed E-state index contributed by atoms with van der Waals surface area (Å²) in [5, 5.41) is 3.17. The van der Waals surface area contributed by atoms with Gasteiger partial charge in [-0.15, -0.1) is 22.7 Å². The second-order valence-corrected chi connectivity index (χ2v) is 9.86. The molecular formula is C21H19NOS3. The Hall–Kier alpha value is -1.82. The van der Waals surface area contributed by atoms with E-state index in [9.17, 15) is 4.21 Å². The first-order chi connectivity index (χ1) is 12.8. The van der Waals surface area contributed by atoms with Crippen molar-refractivity contribution in [2.75, 3.05) is 5.75 Å². The summed E-state index contributed by atoms with van der Waals surface area (Å²) >= 11 is 3.26. The molecule has 0 radical (unpaired) electrons. The Bertz CT molecular complexity index is 1040. The molecule has 1 unspecified atom stereocenters. The van der Waals surface area contributed by atoms with Crippen LogP contribution in [0, 0.1) is 0 Å². The fourth-order valence-corrected chi connectivity index (χ4v) is 6.22. The normalized spacial score (nSPS) is 12.5. The number of thiophene rings is 2. The Morgan fingerprint density at radius 2 is 1.92 bits per heavy atom. The number of unbranched alkanes of at least 4 members (excludes halogenated alkanes) is 1. The van der Waals surface area contributed by atoms with E-state index in [0.29, 0.717) is 0 Å². The maximum atomic E-state index is 12.6. The van der Waals surface area contributed by atoms with Gasteiger partial charge in [-0.3, -0.25) is 4.21 Å². The number of hydrogen-bond donors (Lipinski definition) is 0. The number of rotatable bonds is 6. The number of nitrogens with zero attached hydrogens (tertiary/aromatic N) is 1. The molecule has 4 aromatic rings. The van der Waals surface area contributed by atoms with Gasteiger partial charge in [0.25, 0.3) is 0 Å². The quantitative estimate of drug-likeness (QED) is 0.367. The highest BCUT2D eigenvalue weighted by Crippen LogP contribution is 2.38. The third kappa shape index (κ3) is 3.52. The van der Waals surface area contributed by atoms with Crippen LogP contribution in [0.15, 0.2) is 64.2 Å². The summed E-state index contributed by atoms with van der Waals surface area (Å²) in [6.07, 6.45) is 2.05. The summed E-state index contributed by atoms with van der Waals surface area (Å²) in [5.74, 6) is 0.724. The Labute approximate surface area is 164 Å². The molecular weight excluding hydrogens is 378 g/mol. The maximum Gasteiger partial charge on any atom is 0.125 e. The van der Waals surface area contributed by atoms with Gasteiger partial charge in [0.05, 0.1) is 25.6 Å². The van der Waals surface area contributed by atoms with Crippen molar-refractivity contribution in [3.63, 3.8) is 0 Å². The van der Waals surface area contributed by atoms with Crippen LogP contribution in [0.25, 0.3) is 31.9 Å². The molecule has 4 rings (SSSR count). The van der Waals surface area contributed by atoms with Crippen LogP contribution in [-0.2, 0) is 10.8 Å². The Kier molecular flexibility index (Phi) is 5.29. The SMILES string of the molecule is CCCCS(=O)c1cc2c(-c3ccccc3)cc(-c3cccs3)nc2s1. The van der Waals surface area contributed by atoms with Gasteiger partial charge >= 0.3 is 0 Å². The monoisotopic (exact) mass is 397 g/mol. The Morgan fingerprint density at radius 1 is 1.08 bits per heavy atom. The molecule has 5 heteroatoms. The zero-order chi connectivity index (χ0) is 17.9. The van der Waals surface area contributed by atoms with E-state index in [4.69, 9.17) is 4.98 Å². The maximum absolute atomic E-state index is 12.6. The largest absolute Gasteiger partial charge is 0.254 e. The molecule has 0 aliphatic heterocycles. The first kappa shape index (κ1) is 17.6. The van der Waals surface area contributed by atoms with Crippen LogP contribution in [0.4, 0.5) is 0 Å². The first-order valence-corrected chi connectivity index (χ1v) is 11.7. The summed E-state index contributed by atoms with van der Waals surface area (Å²) in [6.45, 7) is 2.13. The van der Waals surface area contributed by atoms with Crippen LogP contribution < -0.4 is 0 Å². The van der Waals surface area contributed by atoms with Gasteiger partial charge in [0.1, 0.15) is 4.83 Å². The van der Waals surface area contributed by atoms with Crippen molar-refractivity contribution < 1.29 is 4.21 Å². The van der Waals surface area contributed by atoms with Crippen LogP contribution in [-0.4, -0.2) is 14.9 Å². The molecule has 2 nitrogen and oxygen atoms in total. The molecule has 1 atom stereocenters. The zero-order valence-electron chi connectivity index (χ0n) is 14.5. The minimum atomic E-state index is -0.943. The van der Waals surface area contributed by atoms with E-state index in [1.165, 1.54) is 5.56 Å². The molecule has 1 aromatic carbocycles. The van der Waals surface area contributed by atoms with Crippen molar-refractivity contribution in [1.82, 2.24) is 4.98 Å². The van der Waals surface area contributed by atoms with Crippen LogP contribution in [0.1, 0.15) is 19.8 Å². The fraction of sp³-hybridized carbons (Fsp3) is 0.190. The molecule has 0 spiro atoms. The van der Waals surface area contributed by atoms with Crippen molar-refractivity contribution in [3.8, 4) is 21.7 Å². The van der Waals surface area contributed by atoms with E-state index in [1.54, 1.807) is 22.7 Å². The molecule has 0 saturated heterocycles. The van der Waals surface area contributed by atoms with E-state index >= 15 is 0 Å². The van der Waals surface area contributed by atoms with E-state index in [1.807, 2.05) is 12.1 Å². The standard InChI is InChI=1S/C21H19NOS3/c1-2-3-12-26(23)20-14-17-16(15-8-5-4-6-9-15)13-18(22-21(17)25-20)19-10-7-11-24-19/h4-11,13-14H,2-3,12H2,1H3. The highest BCUT2D eigenvalue weighted by molar-refractivity contribution is 7.87. The number of aromatic nitrogens is 1.